The minimum atomic E-state index is -2.10. The van der Waals surface area contributed by atoms with Gasteiger partial charge in [-0.05, 0) is 61.5 Å². The minimum absolute atomic E-state index is 0.0451. The van der Waals surface area contributed by atoms with Crippen molar-refractivity contribution in [2.75, 3.05) is 6.61 Å². The number of carbonyl (C=O) groups excluding carboxylic acids is 2. The third-order valence-corrected chi connectivity index (χ3v) is 8.85. The van der Waals surface area contributed by atoms with E-state index in [2.05, 4.69) is 13.8 Å². The number of hydrogen-bond donors (Lipinski definition) is 3. The van der Waals surface area contributed by atoms with Crippen molar-refractivity contribution in [1.82, 2.24) is 0 Å². The highest BCUT2D eigenvalue weighted by Gasteiger charge is 2.79. The molecule has 0 heterocycles. The minimum Gasteiger partial charge on any atom is -0.451 e. The first-order valence-electron chi connectivity index (χ1n) is 11.1. The number of aliphatic hydroxyl groups excluding tert-OH is 2. The largest absolute Gasteiger partial charge is 0.451 e. The predicted molar refractivity (Wildman–Crippen MR) is 115 cm³/mol. The third kappa shape index (κ3) is 2.50. The Bertz CT molecular complexity index is 928. The summed E-state index contributed by atoms with van der Waals surface area (Å²) in [6.45, 7) is 11.0. The number of carbonyl (C=O) groups is 2. The number of ether oxygens (including phenoxy) is 1. The molecule has 0 unspecified atom stereocenters. The van der Waals surface area contributed by atoms with Gasteiger partial charge in [0.1, 0.15) is 6.10 Å². The number of ketones is 1. The Morgan fingerprint density at radius 2 is 1.94 bits per heavy atom. The van der Waals surface area contributed by atoms with Crippen LogP contribution < -0.4 is 0 Å². The van der Waals surface area contributed by atoms with E-state index < -0.39 is 41.2 Å². The standard InChI is InChI=1S/C25H34O6/c1-7-8-17(27)31-20-13(2)10-24-14(3)9-16-18(22(16,4)5)23(6,21(24)29)11-15(12-26)19(28)25(20,24)30/h7-8,10-11,14,16,18-20,26,28,30H,9,12H2,1-6H3/t14-,16-,18-,19-,20+,23+,24+,25+/m1/s1. The molecule has 0 saturated heterocycles. The summed E-state index contributed by atoms with van der Waals surface area (Å²) in [5.74, 6) is -0.784. The Morgan fingerprint density at radius 3 is 2.52 bits per heavy atom. The van der Waals surface area contributed by atoms with Gasteiger partial charge in [0.05, 0.1) is 12.0 Å². The van der Waals surface area contributed by atoms with Crippen LogP contribution in [0.5, 0.6) is 0 Å². The van der Waals surface area contributed by atoms with Crippen molar-refractivity contribution in [2.24, 2.45) is 34.0 Å². The summed E-state index contributed by atoms with van der Waals surface area (Å²) >= 11 is 0. The van der Waals surface area contributed by atoms with Gasteiger partial charge in [0.25, 0.3) is 0 Å². The molecule has 6 heteroatoms. The van der Waals surface area contributed by atoms with Crippen molar-refractivity contribution in [3.63, 3.8) is 0 Å². The fraction of sp³-hybridized carbons (Fsp3) is 0.680. The lowest BCUT2D eigenvalue weighted by Gasteiger charge is -2.49. The molecule has 0 aromatic carbocycles. The summed E-state index contributed by atoms with van der Waals surface area (Å²) in [5, 5.41) is 33.8. The molecule has 0 aliphatic heterocycles. The Morgan fingerprint density at radius 1 is 1.29 bits per heavy atom. The highest BCUT2D eigenvalue weighted by molar-refractivity contribution is 5.98. The monoisotopic (exact) mass is 430 g/mol. The number of fused-ring (bicyclic) bond motifs is 3. The summed E-state index contributed by atoms with van der Waals surface area (Å²) in [7, 11) is 0. The molecule has 0 radical (unpaired) electrons. The van der Waals surface area contributed by atoms with E-state index in [0.717, 1.165) is 6.42 Å². The Labute approximate surface area is 183 Å². The number of esters is 1. The van der Waals surface area contributed by atoms with Crippen molar-refractivity contribution >= 4 is 11.8 Å². The van der Waals surface area contributed by atoms with Gasteiger partial charge in [-0.2, -0.15) is 0 Å². The summed E-state index contributed by atoms with van der Waals surface area (Å²) in [6, 6.07) is 0. The van der Waals surface area contributed by atoms with Crippen molar-refractivity contribution < 1.29 is 29.6 Å². The van der Waals surface area contributed by atoms with Crippen LogP contribution in [0.3, 0.4) is 0 Å². The normalized spacial score (nSPS) is 47.6. The van der Waals surface area contributed by atoms with E-state index in [9.17, 15) is 24.9 Å². The Hall–Kier alpha value is -1.76. The van der Waals surface area contributed by atoms with Gasteiger partial charge in [-0.25, -0.2) is 4.79 Å². The van der Waals surface area contributed by atoms with Crippen LogP contribution in [-0.4, -0.2) is 51.5 Å². The summed E-state index contributed by atoms with van der Waals surface area (Å²) < 4.78 is 5.63. The quantitative estimate of drug-likeness (QED) is 0.361. The zero-order chi connectivity index (χ0) is 23.1. The lowest BCUT2D eigenvalue weighted by Crippen LogP contribution is -2.66. The third-order valence-electron chi connectivity index (χ3n) is 8.85. The van der Waals surface area contributed by atoms with Crippen LogP contribution in [0, 0.1) is 34.0 Å². The molecule has 1 spiro atoms. The highest BCUT2D eigenvalue weighted by atomic mass is 16.6. The van der Waals surface area contributed by atoms with Gasteiger partial charge in [-0.15, -0.1) is 0 Å². The Kier molecular flexibility index (Phi) is 4.79. The van der Waals surface area contributed by atoms with E-state index in [1.165, 1.54) is 12.2 Å². The highest BCUT2D eigenvalue weighted by Crippen LogP contribution is 2.75. The molecular weight excluding hydrogens is 396 g/mol. The van der Waals surface area contributed by atoms with Crippen molar-refractivity contribution in [1.29, 1.82) is 0 Å². The van der Waals surface area contributed by atoms with Gasteiger partial charge in [0.2, 0.25) is 0 Å². The van der Waals surface area contributed by atoms with Crippen LogP contribution in [0.1, 0.15) is 48.0 Å². The first-order chi connectivity index (χ1) is 14.3. The molecule has 6 nitrogen and oxygen atoms in total. The number of hydrogen-bond acceptors (Lipinski definition) is 6. The maximum absolute atomic E-state index is 14.4. The molecule has 0 aromatic heterocycles. The predicted octanol–water partition coefficient (Wildman–Crippen LogP) is 2.33. The molecule has 31 heavy (non-hydrogen) atoms. The molecule has 0 amide bonds. The van der Waals surface area contributed by atoms with Crippen LogP contribution in [0.25, 0.3) is 0 Å². The second kappa shape index (κ2) is 6.63. The first-order valence-corrected chi connectivity index (χ1v) is 11.1. The average Bonchev–Trinajstić information content (AvgIpc) is 3.19. The van der Waals surface area contributed by atoms with E-state index >= 15 is 0 Å². The molecule has 2 saturated carbocycles. The van der Waals surface area contributed by atoms with Gasteiger partial charge in [-0.3, -0.25) is 4.79 Å². The van der Waals surface area contributed by atoms with E-state index in [-0.39, 0.29) is 34.5 Å². The van der Waals surface area contributed by atoms with Crippen LogP contribution in [-0.2, 0) is 14.3 Å². The topological polar surface area (TPSA) is 104 Å². The van der Waals surface area contributed by atoms with Crippen LogP contribution >= 0.6 is 0 Å². The molecule has 2 fully saturated rings. The lowest BCUT2D eigenvalue weighted by molar-refractivity contribution is -0.202. The molecule has 2 bridgehead atoms. The van der Waals surface area contributed by atoms with Crippen LogP contribution in [0.15, 0.2) is 35.5 Å². The SMILES string of the molecule is CC=CC(=O)O[C@H]1C(C)=C[C@]23C(=O)[C@@](C)(C=C(CO)[C@@H](O)[C@]12O)[C@@H]1[C@@H](C[C@H]3C)C1(C)C. The molecule has 4 aliphatic carbocycles. The van der Waals surface area contributed by atoms with E-state index in [0.29, 0.717) is 5.57 Å². The van der Waals surface area contributed by atoms with Crippen LogP contribution in [0.2, 0.25) is 0 Å². The molecule has 4 rings (SSSR count). The van der Waals surface area contributed by atoms with Crippen molar-refractivity contribution in [3.05, 3.63) is 35.5 Å². The molecule has 3 N–H and O–H groups in total. The van der Waals surface area contributed by atoms with Gasteiger partial charge >= 0.3 is 5.97 Å². The maximum Gasteiger partial charge on any atom is 0.331 e. The summed E-state index contributed by atoms with van der Waals surface area (Å²) in [5.41, 5.74) is -3.80. The summed E-state index contributed by atoms with van der Waals surface area (Å²) in [4.78, 5) is 26.8. The molecule has 170 valence electrons. The van der Waals surface area contributed by atoms with Gasteiger partial charge in [-0.1, -0.05) is 39.0 Å². The van der Waals surface area contributed by atoms with Crippen molar-refractivity contribution in [3.8, 4) is 0 Å². The molecule has 4 aliphatic rings. The fourth-order valence-corrected chi connectivity index (χ4v) is 7.53. The number of rotatable bonds is 3. The second-order valence-electron chi connectivity index (χ2n) is 10.8. The summed E-state index contributed by atoms with van der Waals surface area (Å²) in [6.07, 6.45) is 4.17. The number of allylic oxidation sites excluding steroid dienone is 2. The second-order valence-corrected chi connectivity index (χ2v) is 10.8. The smallest absolute Gasteiger partial charge is 0.331 e. The lowest BCUT2D eigenvalue weighted by atomic mass is 9.57. The number of Topliss-reactive ketones (excluding diaryl/α,β-unsaturated/α-hetero) is 1. The molecular formula is C25H34O6. The fourth-order valence-electron chi connectivity index (χ4n) is 7.53. The van der Waals surface area contributed by atoms with Gasteiger partial charge in [0.15, 0.2) is 17.5 Å². The molecule has 0 aromatic rings. The van der Waals surface area contributed by atoms with Crippen molar-refractivity contribution in [2.45, 2.75) is 65.8 Å². The van der Waals surface area contributed by atoms with Gasteiger partial charge < -0.3 is 20.1 Å². The van der Waals surface area contributed by atoms with E-state index in [1.807, 2.05) is 13.8 Å². The van der Waals surface area contributed by atoms with Crippen LogP contribution in [0.4, 0.5) is 0 Å². The van der Waals surface area contributed by atoms with E-state index in [1.54, 1.807) is 26.0 Å². The zero-order valence-electron chi connectivity index (χ0n) is 19.2. The maximum atomic E-state index is 14.4. The molecule has 8 atom stereocenters. The zero-order valence-corrected chi connectivity index (χ0v) is 19.2. The average molecular weight is 431 g/mol. The van der Waals surface area contributed by atoms with E-state index in [4.69, 9.17) is 4.74 Å². The number of aliphatic hydroxyl groups is 3. The Balaban J connectivity index is 1.97. The first kappa shape index (κ1) is 22.4. The van der Waals surface area contributed by atoms with Gasteiger partial charge in [0, 0.05) is 11.5 Å².